The Bertz CT molecular complexity index is 683. The molecule has 2 heterocycles. The molecule has 0 aliphatic heterocycles. The van der Waals surface area contributed by atoms with Gasteiger partial charge in [0, 0.05) is 28.6 Å². The van der Waals surface area contributed by atoms with Gasteiger partial charge in [-0.2, -0.15) is 0 Å². The molecule has 2 aromatic rings. The largest absolute Gasteiger partial charge is 0.348 e. The second kappa shape index (κ2) is 7.64. The summed E-state index contributed by atoms with van der Waals surface area (Å²) in [6, 6.07) is 3.62. The lowest BCUT2D eigenvalue weighted by molar-refractivity contribution is 0.0923. The van der Waals surface area contributed by atoms with Crippen molar-refractivity contribution in [3.05, 3.63) is 40.1 Å². The van der Waals surface area contributed by atoms with Crippen LogP contribution in [0.3, 0.4) is 0 Å². The topological polar surface area (TPSA) is 54.9 Å². The van der Waals surface area contributed by atoms with Gasteiger partial charge >= 0.3 is 0 Å². The summed E-state index contributed by atoms with van der Waals surface area (Å²) in [5, 5.41) is 6.13. The van der Waals surface area contributed by atoms with Crippen molar-refractivity contribution in [2.24, 2.45) is 0 Å². The third-order valence-corrected chi connectivity index (χ3v) is 6.58. The van der Waals surface area contributed by atoms with Gasteiger partial charge in [0.05, 0.1) is 5.02 Å². The number of amides is 1. The van der Waals surface area contributed by atoms with Crippen molar-refractivity contribution in [1.82, 2.24) is 15.3 Å². The molecule has 1 saturated carbocycles. The van der Waals surface area contributed by atoms with E-state index in [9.17, 15) is 4.79 Å². The fourth-order valence-electron chi connectivity index (χ4n) is 2.66. The first-order valence-corrected chi connectivity index (χ1v) is 9.75. The van der Waals surface area contributed by atoms with Gasteiger partial charge in [0.25, 0.3) is 5.91 Å². The summed E-state index contributed by atoms with van der Waals surface area (Å²) < 4.78 is 1.15. The van der Waals surface area contributed by atoms with Crippen molar-refractivity contribution in [3.63, 3.8) is 0 Å². The zero-order valence-electron chi connectivity index (χ0n) is 12.8. The monoisotopic (exact) mass is 367 g/mol. The van der Waals surface area contributed by atoms with Gasteiger partial charge in [-0.15, -0.1) is 11.3 Å². The molecule has 0 atom stereocenters. The molecule has 0 aromatic carbocycles. The Labute approximate surface area is 149 Å². The average Bonchev–Trinajstić information content (AvgIpc) is 2.95. The Morgan fingerprint density at radius 2 is 2.17 bits per heavy atom. The summed E-state index contributed by atoms with van der Waals surface area (Å²) in [6.07, 6.45) is 5.73. The Balaban J connectivity index is 1.49. The molecule has 7 heteroatoms. The molecule has 1 amide bonds. The molecule has 1 aliphatic rings. The van der Waals surface area contributed by atoms with Crippen LogP contribution in [0.4, 0.5) is 0 Å². The summed E-state index contributed by atoms with van der Waals surface area (Å²) in [7, 11) is 0. The van der Waals surface area contributed by atoms with Gasteiger partial charge in [0.15, 0.2) is 0 Å². The van der Waals surface area contributed by atoms with E-state index >= 15 is 0 Å². The highest BCUT2D eigenvalue weighted by molar-refractivity contribution is 8.01. The predicted molar refractivity (Wildman–Crippen MR) is 95.5 cm³/mol. The van der Waals surface area contributed by atoms with Gasteiger partial charge in [-0.05, 0) is 44.7 Å². The van der Waals surface area contributed by atoms with E-state index in [1.807, 2.05) is 18.7 Å². The lowest BCUT2D eigenvalue weighted by Crippen LogP contribution is -2.38. The van der Waals surface area contributed by atoms with E-state index in [1.165, 1.54) is 0 Å². The lowest BCUT2D eigenvalue weighted by atomic mass is 9.95. The fraction of sp³-hybridized carbons (Fsp3) is 0.438. The van der Waals surface area contributed by atoms with Crippen LogP contribution in [-0.4, -0.2) is 27.2 Å². The van der Waals surface area contributed by atoms with Crippen molar-refractivity contribution in [2.75, 3.05) is 0 Å². The summed E-state index contributed by atoms with van der Waals surface area (Å²) in [6.45, 7) is 2.02. The number of nitrogens with zero attached hydrogens (tertiary/aromatic N) is 2. The third kappa shape index (κ3) is 4.46. The van der Waals surface area contributed by atoms with E-state index in [2.05, 4.69) is 20.7 Å². The molecule has 23 heavy (non-hydrogen) atoms. The van der Waals surface area contributed by atoms with Gasteiger partial charge < -0.3 is 5.32 Å². The van der Waals surface area contributed by atoms with Gasteiger partial charge in [0.2, 0.25) is 0 Å². The molecular formula is C16H18ClN3OS2. The smallest absolute Gasteiger partial charge is 0.271 e. The molecule has 0 unspecified atom stereocenters. The molecule has 3 rings (SSSR count). The second-order valence-electron chi connectivity index (χ2n) is 5.65. The van der Waals surface area contributed by atoms with Crippen LogP contribution >= 0.6 is 34.7 Å². The minimum absolute atomic E-state index is 0.178. The minimum atomic E-state index is -0.178. The number of rotatable bonds is 4. The van der Waals surface area contributed by atoms with Crippen LogP contribution in [0.2, 0.25) is 5.02 Å². The van der Waals surface area contributed by atoms with E-state index < -0.39 is 0 Å². The predicted octanol–water partition coefficient (Wildman–Crippen LogP) is 4.33. The molecule has 0 radical (unpaired) electrons. The van der Waals surface area contributed by atoms with Crippen LogP contribution < -0.4 is 5.32 Å². The highest BCUT2D eigenvalue weighted by Gasteiger charge is 2.25. The molecule has 0 saturated heterocycles. The summed E-state index contributed by atoms with van der Waals surface area (Å²) in [5.74, 6) is -0.178. The maximum absolute atomic E-state index is 12.2. The molecule has 4 nitrogen and oxygen atoms in total. The highest BCUT2D eigenvalue weighted by Crippen LogP contribution is 2.35. The van der Waals surface area contributed by atoms with E-state index in [0.29, 0.717) is 16.0 Å². The third-order valence-electron chi connectivity index (χ3n) is 3.85. The Morgan fingerprint density at radius 1 is 1.39 bits per heavy atom. The highest BCUT2D eigenvalue weighted by atomic mass is 35.5. The molecule has 1 N–H and O–H groups in total. The lowest BCUT2D eigenvalue weighted by Gasteiger charge is -2.28. The molecule has 122 valence electrons. The van der Waals surface area contributed by atoms with Crippen LogP contribution in [0.5, 0.6) is 0 Å². The second-order valence-corrected chi connectivity index (χ2v) is 8.47. The molecule has 1 fully saturated rings. The Kier molecular flexibility index (Phi) is 5.56. The van der Waals surface area contributed by atoms with Crippen molar-refractivity contribution >= 4 is 40.6 Å². The van der Waals surface area contributed by atoms with Crippen LogP contribution in [0, 0.1) is 6.92 Å². The molecule has 2 aromatic heterocycles. The number of thiazole rings is 1. The standard InChI is InChI=1S/C16H18ClN3OS2/c1-10-9-22-16(19-10)23-12-6-4-11(5-7-12)20-15(21)14-13(17)3-2-8-18-14/h2-3,8-9,11-12H,4-7H2,1H3,(H,20,21). The zero-order valence-corrected chi connectivity index (χ0v) is 15.2. The number of aromatic nitrogens is 2. The maximum atomic E-state index is 12.2. The van der Waals surface area contributed by atoms with Gasteiger partial charge in [-0.1, -0.05) is 23.4 Å². The van der Waals surface area contributed by atoms with Gasteiger partial charge in [-0.25, -0.2) is 9.97 Å². The SMILES string of the molecule is Cc1csc(SC2CCC(NC(=O)c3ncccc3Cl)CC2)n1. The van der Waals surface area contributed by atoms with Crippen molar-refractivity contribution in [1.29, 1.82) is 0 Å². The molecule has 1 aliphatic carbocycles. The Morgan fingerprint density at radius 3 is 2.83 bits per heavy atom. The van der Waals surface area contributed by atoms with Crippen molar-refractivity contribution in [2.45, 2.75) is 48.2 Å². The molecule has 0 spiro atoms. The minimum Gasteiger partial charge on any atom is -0.348 e. The number of pyridine rings is 1. The number of halogens is 1. The first-order valence-electron chi connectivity index (χ1n) is 7.62. The normalized spacial score (nSPS) is 21.1. The van der Waals surface area contributed by atoms with E-state index in [0.717, 1.165) is 35.7 Å². The number of carbonyl (C=O) groups excluding carboxylic acids is 1. The van der Waals surface area contributed by atoms with Crippen LogP contribution in [0.25, 0.3) is 0 Å². The van der Waals surface area contributed by atoms with E-state index in [1.54, 1.807) is 29.7 Å². The number of thioether (sulfide) groups is 1. The zero-order chi connectivity index (χ0) is 16.2. The van der Waals surface area contributed by atoms with Crippen LogP contribution in [0.1, 0.15) is 41.9 Å². The van der Waals surface area contributed by atoms with Crippen LogP contribution in [0.15, 0.2) is 28.0 Å². The number of hydrogen-bond donors (Lipinski definition) is 1. The number of hydrogen-bond acceptors (Lipinski definition) is 5. The van der Waals surface area contributed by atoms with Gasteiger partial charge in [-0.3, -0.25) is 4.79 Å². The molecular weight excluding hydrogens is 350 g/mol. The number of nitrogens with one attached hydrogen (secondary N) is 1. The quantitative estimate of drug-likeness (QED) is 0.873. The summed E-state index contributed by atoms with van der Waals surface area (Å²) in [4.78, 5) is 20.8. The maximum Gasteiger partial charge on any atom is 0.271 e. The fourth-order valence-corrected chi connectivity index (χ4v) is 5.15. The van der Waals surface area contributed by atoms with E-state index in [-0.39, 0.29) is 11.9 Å². The number of aryl methyl sites for hydroxylation is 1. The summed E-state index contributed by atoms with van der Waals surface area (Å²) in [5.41, 5.74) is 1.40. The Hall–Kier alpha value is -1.11. The van der Waals surface area contributed by atoms with Crippen molar-refractivity contribution < 1.29 is 4.79 Å². The van der Waals surface area contributed by atoms with Crippen LogP contribution in [-0.2, 0) is 0 Å². The first-order chi connectivity index (χ1) is 11.1. The summed E-state index contributed by atoms with van der Waals surface area (Å²) >= 11 is 9.60. The first kappa shape index (κ1) is 16.7. The van der Waals surface area contributed by atoms with E-state index in [4.69, 9.17) is 11.6 Å². The number of carbonyl (C=O) groups is 1. The molecule has 0 bridgehead atoms. The average molecular weight is 368 g/mol. The van der Waals surface area contributed by atoms with Crippen molar-refractivity contribution in [3.8, 4) is 0 Å². The van der Waals surface area contributed by atoms with Gasteiger partial charge in [0.1, 0.15) is 10.0 Å².